The molecule has 12 heteroatoms. The largest absolute Gasteiger partial charge is 0.508 e. The van der Waals surface area contributed by atoms with E-state index in [0.29, 0.717) is 57.8 Å². The van der Waals surface area contributed by atoms with Crippen molar-refractivity contribution in [3.05, 3.63) is 24.3 Å². The van der Waals surface area contributed by atoms with E-state index < -0.39 is 30.3 Å². The number of unbranched alkanes of at least 4 members (excludes halogenated alkanes) is 12. The molecule has 3 atom stereocenters. The summed E-state index contributed by atoms with van der Waals surface area (Å²) in [5, 5.41) is 0. The monoisotopic (exact) mass is 950 g/mol. The molecule has 0 aromatic heterocycles. The van der Waals surface area contributed by atoms with Gasteiger partial charge in [0, 0.05) is 44.9 Å². The molecule has 0 aliphatic carbocycles. The van der Waals surface area contributed by atoms with E-state index in [0.717, 1.165) is 90.3 Å². The number of carbonyl (C=O) groups is 4. The van der Waals surface area contributed by atoms with Crippen molar-refractivity contribution in [3.8, 4) is 0 Å². The fourth-order valence-electron chi connectivity index (χ4n) is 8.16. The summed E-state index contributed by atoms with van der Waals surface area (Å²) in [6, 6.07) is 0. The van der Waals surface area contributed by atoms with E-state index in [1.165, 1.54) is 64.2 Å². The lowest BCUT2D eigenvalue weighted by molar-refractivity contribution is -0.161. The first-order chi connectivity index (χ1) is 32.7. The van der Waals surface area contributed by atoms with Crippen LogP contribution >= 0.6 is 0 Å². The van der Waals surface area contributed by atoms with Gasteiger partial charge in [-0.25, -0.2) is 4.79 Å². The molecule has 0 bridgehead atoms. The zero-order valence-electron chi connectivity index (χ0n) is 43.4. The van der Waals surface area contributed by atoms with E-state index in [2.05, 4.69) is 63.8 Å². The van der Waals surface area contributed by atoms with Crippen LogP contribution < -0.4 is 0 Å². The normalized spacial score (nSPS) is 15.3. The lowest BCUT2D eigenvalue weighted by atomic mass is 9.92. The van der Waals surface area contributed by atoms with Crippen LogP contribution in [-0.2, 0) is 47.5 Å². The van der Waals surface area contributed by atoms with Gasteiger partial charge in [-0.2, -0.15) is 0 Å². The van der Waals surface area contributed by atoms with E-state index in [1.54, 1.807) is 0 Å². The van der Waals surface area contributed by atoms with E-state index in [1.807, 2.05) is 0 Å². The minimum atomic E-state index is -0.792. The number of esters is 3. The van der Waals surface area contributed by atoms with Gasteiger partial charge >= 0.3 is 24.1 Å². The van der Waals surface area contributed by atoms with Crippen molar-refractivity contribution >= 4 is 24.1 Å². The predicted octanol–water partition coefficient (Wildman–Crippen LogP) is 13.4. The van der Waals surface area contributed by atoms with Crippen molar-refractivity contribution in [3.63, 3.8) is 0 Å². The topological polar surface area (TPSA) is 136 Å². The summed E-state index contributed by atoms with van der Waals surface area (Å²) in [7, 11) is 0. The molecule has 0 amide bonds. The van der Waals surface area contributed by atoms with E-state index >= 15 is 0 Å². The zero-order chi connectivity index (χ0) is 48.8. The van der Waals surface area contributed by atoms with E-state index in [-0.39, 0.29) is 51.2 Å². The molecular weight excluding hydrogens is 851 g/mol. The maximum absolute atomic E-state index is 13.0. The summed E-state index contributed by atoms with van der Waals surface area (Å²) in [5.74, 6) is -0.732. The molecule has 390 valence electrons. The van der Waals surface area contributed by atoms with Crippen molar-refractivity contribution in [1.82, 2.24) is 4.90 Å². The van der Waals surface area contributed by atoms with Gasteiger partial charge in [-0.3, -0.25) is 14.4 Å². The lowest BCUT2D eigenvalue weighted by Gasteiger charge is -2.31. The highest BCUT2D eigenvalue weighted by Gasteiger charge is 2.23. The number of ether oxygens (including phenoxy) is 7. The first-order valence-corrected chi connectivity index (χ1v) is 27.3. The first-order valence-electron chi connectivity index (χ1n) is 27.3. The predicted molar refractivity (Wildman–Crippen MR) is 269 cm³/mol. The summed E-state index contributed by atoms with van der Waals surface area (Å²) >= 11 is 0. The third-order valence-electron chi connectivity index (χ3n) is 12.4. The van der Waals surface area contributed by atoms with Crippen LogP contribution in [0.15, 0.2) is 24.3 Å². The van der Waals surface area contributed by atoms with Crippen molar-refractivity contribution in [2.45, 2.75) is 221 Å². The summed E-state index contributed by atoms with van der Waals surface area (Å²) in [6.45, 7) is 15.3. The number of allylic oxidation sites excluding steroid dienone is 4. The van der Waals surface area contributed by atoms with Crippen LogP contribution in [0.25, 0.3) is 0 Å². The van der Waals surface area contributed by atoms with Crippen molar-refractivity contribution in [2.75, 3.05) is 65.9 Å². The van der Waals surface area contributed by atoms with Crippen LogP contribution in [0.2, 0.25) is 0 Å². The number of rotatable bonds is 45. The highest BCUT2D eigenvalue weighted by atomic mass is 16.7. The Hall–Kier alpha value is -2.96. The Balaban J connectivity index is 2.62. The molecule has 1 rings (SSSR count). The maximum atomic E-state index is 13.0. The number of hydrogen-bond acceptors (Lipinski definition) is 12. The molecule has 1 aliphatic rings. The maximum Gasteiger partial charge on any atom is 0.508 e. The number of hydrogen-bond donors (Lipinski definition) is 0. The van der Waals surface area contributed by atoms with Gasteiger partial charge < -0.3 is 38.1 Å². The van der Waals surface area contributed by atoms with Crippen molar-refractivity contribution < 1.29 is 52.3 Å². The zero-order valence-corrected chi connectivity index (χ0v) is 43.4. The molecule has 0 saturated carbocycles. The Labute approximate surface area is 408 Å². The van der Waals surface area contributed by atoms with Gasteiger partial charge in [0.2, 0.25) is 0 Å². The molecule has 0 spiro atoms. The quantitative estimate of drug-likeness (QED) is 0.0189. The fourth-order valence-corrected chi connectivity index (χ4v) is 8.16. The molecule has 3 unspecified atom stereocenters. The Bertz CT molecular complexity index is 1220. The second-order valence-corrected chi connectivity index (χ2v) is 18.6. The van der Waals surface area contributed by atoms with E-state index in [9.17, 15) is 19.2 Å². The van der Waals surface area contributed by atoms with Gasteiger partial charge in [0.25, 0.3) is 0 Å². The number of carbonyl (C=O) groups excluding carboxylic acids is 4. The molecular formula is C55H99NO11. The number of likely N-dealkylation sites (tertiary alicyclic amines) is 1. The molecule has 0 radical (unpaired) electrons. The van der Waals surface area contributed by atoms with E-state index in [4.69, 9.17) is 33.2 Å². The molecule has 1 aliphatic heterocycles. The third kappa shape index (κ3) is 38.6. The number of piperidine rings is 1. The Morgan fingerprint density at radius 3 is 1.64 bits per heavy atom. The van der Waals surface area contributed by atoms with Gasteiger partial charge in [0.05, 0.1) is 25.6 Å². The molecule has 1 heterocycles. The minimum Gasteiger partial charge on any atom is -0.466 e. The molecule has 67 heavy (non-hydrogen) atoms. The van der Waals surface area contributed by atoms with Crippen molar-refractivity contribution in [1.29, 1.82) is 0 Å². The fraction of sp³-hybridized carbons (Fsp3) is 0.855. The summed E-state index contributed by atoms with van der Waals surface area (Å²) in [6.07, 6.45) is 33.7. The second-order valence-electron chi connectivity index (χ2n) is 18.6. The van der Waals surface area contributed by atoms with Crippen LogP contribution in [0.4, 0.5) is 4.79 Å². The Morgan fingerprint density at radius 2 is 1.07 bits per heavy atom. The Kier molecular flexibility index (Phi) is 42.1. The van der Waals surface area contributed by atoms with Crippen LogP contribution in [0.1, 0.15) is 214 Å². The van der Waals surface area contributed by atoms with Gasteiger partial charge in [-0.1, -0.05) is 130 Å². The molecule has 0 N–H and O–H groups in total. The minimum absolute atomic E-state index is 0.0844. The number of nitrogens with zero attached hydrogens (tertiary/aromatic N) is 1. The molecule has 0 aromatic rings. The SMILES string of the molecule is CCC=CCCCCOC(CCC(=O)OCC(COC(=O)CCCCCC(=O)OCCC(CCCCCC)CCCCCC)COC(=O)OCC1CCCN(CC)C1)OCCCC/C=C\CC. The van der Waals surface area contributed by atoms with Gasteiger partial charge in [-0.15, -0.1) is 0 Å². The van der Waals surface area contributed by atoms with Crippen LogP contribution in [-0.4, -0.2) is 101 Å². The lowest BCUT2D eigenvalue weighted by Crippen LogP contribution is -2.37. The van der Waals surface area contributed by atoms with Crippen LogP contribution in [0.5, 0.6) is 0 Å². The van der Waals surface area contributed by atoms with Crippen LogP contribution in [0.3, 0.4) is 0 Å². The summed E-state index contributed by atoms with van der Waals surface area (Å²) in [5.41, 5.74) is 0. The summed E-state index contributed by atoms with van der Waals surface area (Å²) < 4.78 is 39.9. The van der Waals surface area contributed by atoms with Gasteiger partial charge in [0.1, 0.15) is 19.8 Å². The van der Waals surface area contributed by atoms with Crippen molar-refractivity contribution in [2.24, 2.45) is 17.8 Å². The Morgan fingerprint density at radius 1 is 0.522 bits per heavy atom. The second kappa shape index (κ2) is 45.5. The summed E-state index contributed by atoms with van der Waals surface area (Å²) in [4.78, 5) is 53.4. The average Bonchev–Trinajstić information content (AvgIpc) is 3.33. The highest BCUT2D eigenvalue weighted by molar-refractivity contribution is 5.70. The molecule has 12 nitrogen and oxygen atoms in total. The highest BCUT2D eigenvalue weighted by Crippen LogP contribution is 2.22. The molecule has 1 fully saturated rings. The standard InChI is InChI=1S/C55H99NO11/c1-6-11-15-19-21-28-40-62-54(63-41-29-22-20-16-12-7-2)37-36-53(59)65-46-50(47-67-55(60)66-44-49-33-30-39-56(10-5)43-49)45-64-52(58)35-27-23-26-34-51(57)61-42-38-48(31-24-17-13-8-3)32-25-18-14-9-4/h11-12,15-16,48-50,54H,6-10,13-14,17-47H2,1-5H3/b15-11-,16-12?. The van der Waals surface area contributed by atoms with Gasteiger partial charge in [0.15, 0.2) is 6.29 Å². The molecule has 1 saturated heterocycles. The van der Waals surface area contributed by atoms with Crippen LogP contribution in [0, 0.1) is 17.8 Å². The average molecular weight is 950 g/mol. The van der Waals surface area contributed by atoms with Gasteiger partial charge in [-0.05, 0) is 102 Å². The smallest absolute Gasteiger partial charge is 0.466 e. The molecule has 0 aromatic carbocycles. The third-order valence-corrected chi connectivity index (χ3v) is 12.4. The first kappa shape index (κ1) is 62.1.